The van der Waals surface area contributed by atoms with E-state index in [4.69, 9.17) is 0 Å². The fourth-order valence-electron chi connectivity index (χ4n) is 2.61. The Morgan fingerprint density at radius 3 is 3.19 bits per heavy atom. The van der Waals surface area contributed by atoms with E-state index in [9.17, 15) is 0 Å². The second-order valence-corrected chi connectivity index (χ2v) is 5.82. The van der Waals surface area contributed by atoms with Crippen LogP contribution in [0.1, 0.15) is 17.3 Å². The lowest BCUT2D eigenvalue weighted by Crippen LogP contribution is -2.43. The Hall–Kier alpha value is -0.450. The van der Waals surface area contributed by atoms with Crippen molar-refractivity contribution in [3.8, 4) is 0 Å². The molecule has 1 aromatic heterocycles. The molecular formula is C12H19N3S. The number of thioether (sulfide) groups is 1. The van der Waals surface area contributed by atoms with Crippen molar-refractivity contribution in [1.29, 1.82) is 0 Å². The van der Waals surface area contributed by atoms with Crippen molar-refractivity contribution >= 4 is 11.8 Å². The highest BCUT2D eigenvalue weighted by Gasteiger charge is 2.23. The van der Waals surface area contributed by atoms with Crippen LogP contribution < -0.4 is 5.32 Å². The van der Waals surface area contributed by atoms with Crippen LogP contribution in [0.15, 0.2) is 12.3 Å². The van der Waals surface area contributed by atoms with E-state index >= 15 is 0 Å². The smallest absolute Gasteiger partial charge is 0.0485 e. The van der Waals surface area contributed by atoms with Crippen molar-refractivity contribution in [2.75, 3.05) is 32.4 Å². The van der Waals surface area contributed by atoms with Gasteiger partial charge in [-0.1, -0.05) is 0 Å². The maximum absolute atomic E-state index is 3.49. The summed E-state index contributed by atoms with van der Waals surface area (Å²) >= 11 is 2.05. The molecule has 2 aliphatic heterocycles. The van der Waals surface area contributed by atoms with E-state index in [1.165, 1.54) is 29.3 Å². The molecule has 2 aliphatic rings. The van der Waals surface area contributed by atoms with Gasteiger partial charge in [-0.15, -0.1) is 0 Å². The number of rotatable bonds is 1. The number of nitrogens with one attached hydrogen (secondary N) is 1. The molecule has 3 rings (SSSR count). The van der Waals surface area contributed by atoms with Crippen molar-refractivity contribution in [1.82, 2.24) is 14.8 Å². The molecule has 1 unspecified atom stereocenters. The van der Waals surface area contributed by atoms with E-state index in [1.54, 1.807) is 0 Å². The molecule has 0 bridgehead atoms. The Labute approximate surface area is 101 Å². The lowest BCUT2D eigenvalue weighted by molar-refractivity contribution is 0.202. The fraction of sp³-hybridized carbons (Fsp3) is 0.667. The van der Waals surface area contributed by atoms with Gasteiger partial charge in [0.05, 0.1) is 0 Å². The Morgan fingerprint density at radius 2 is 2.38 bits per heavy atom. The average molecular weight is 237 g/mol. The molecule has 0 aromatic carbocycles. The highest BCUT2D eigenvalue weighted by molar-refractivity contribution is 7.98. The van der Waals surface area contributed by atoms with Crippen LogP contribution in [0.3, 0.4) is 0 Å². The van der Waals surface area contributed by atoms with E-state index in [-0.39, 0.29) is 0 Å². The number of fused-ring (bicyclic) bond motifs is 1. The predicted molar refractivity (Wildman–Crippen MR) is 68.8 cm³/mol. The van der Waals surface area contributed by atoms with Gasteiger partial charge in [0.25, 0.3) is 0 Å². The summed E-state index contributed by atoms with van der Waals surface area (Å²) in [6.07, 6.45) is 2.36. The molecule has 16 heavy (non-hydrogen) atoms. The van der Waals surface area contributed by atoms with Gasteiger partial charge < -0.3 is 9.88 Å². The molecule has 88 valence electrons. The van der Waals surface area contributed by atoms with E-state index < -0.39 is 0 Å². The van der Waals surface area contributed by atoms with E-state index in [0.717, 1.165) is 19.6 Å². The molecule has 1 saturated heterocycles. The SMILES string of the molecule is CN1CCNCC1c1cc2n(c1)CCSC2. The third kappa shape index (κ3) is 1.90. The maximum atomic E-state index is 3.49. The van der Waals surface area contributed by atoms with Gasteiger partial charge in [-0.2, -0.15) is 11.8 Å². The van der Waals surface area contributed by atoms with Crippen molar-refractivity contribution in [2.24, 2.45) is 0 Å². The molecule has 1 atom stereocenters. The highest BCUT2D eigenvalue weighted by Crippen LogP contribution is 2.27. The van der Waals surface area contributed by atoms with Crippen LogP contribution in [0.25, 0.3) is 0 Å². The quantitative estimate of drug-likeness (QED) is 0.795. The van der Waals surface area contributed by atoms with Gasteiger partial charge in [-0.3, -0.25) is 4.90 Å². The first kappa shape index (κ1) is 10.7. The van der Waals surface area contributed by atoms with E-state index in [1.807, 2.05) is 11.8 Å². The van der Waals surface area contributed by atoms with Crippen LogP contribution in [0, 0.1) is 0 Å². The zero-order chi connectivity index (χ0) is 11.0. The highest BCUT2D eigenvalue weighted by atomic mass is 32.2. The third-order valence-electron chi connectivity index (χ3n) is 3.63. The molecule has 0 radical (unpaired) electrons. The summed E-state index contributed by atoms with van der Waals surface area (Å²) in [6.45, 7) is 4.55. The fourth-order valence-corrected chi connectivity index (χ4v) is 3.54. The summed E-state index contributed by atoms with van der Waals surface area (Å²) < 4.78 is 2.44. The average Bonchev–Trinajstić information content (AvgIpc) is 2.73. The summed E-state index contributed by atoms with van der Waals surface area (Å²) in [6, 6.07) is 2.97. The van der Waals surface area contributed by atoms with E-state index in [0.29, 0.717) is 6.04 Å². The topological polar surface area (TPSA) is 20.2 Å². The number of hydrogen-bond donors (Lipinski definition) is 1. The molecule has 0 spiro atoms. The van der Waals surface area contributed by atoms with Gasteiger partial charge in [0.15, 0.2) is 0 Å². The van der Waals surface area contributed by atoms with Crippen molar-refractivity contribution in [3.63, 3.8) is 0 Å². The number of hydrogen-bond acceptors (Lipinski definition) is 3. The monoisotopic (exact) mass is 237 g/mol. The first-order valence-electron chi connectivity index (χ1n) is 6.02. The van der Waals surface area contributed by atoms with E-state index in [2.05, 4.69) is 34.1 Å². The lowest BCUT2D eigenvalue weighted by Gasteiger charge is -2.32. The summed E-state index contributed by atoms with van der Waals surface area (Å²) in [4.78, 5) is 2.46. The predicted octanol–water partition coefficient (Wildman–Crippen LogP) is 1.31. The molecule has 1 N–H and O–H groups in total. The maximum Gasteiger partial charge on any atom is 0.0485 e. The number of piperazine rings is 1. The van der Waals surface area contributed by atoms with Crippen molar-refractivity contribution in [2.45, 2.75) is 18.3 Å². The third-order valence-corrected chi connectivity index (χ3v) is 4.60. The molecule has 0 saturated carbocycles. The van der Waals surface area contributed by atoms with Crippen LogP contribution in [0.5, 0.6) is 0 Å². The van der Waals surface area contributed by atoms with Gasteiger partial charge >= 0.3 is 0 Å². The lowest BCUT2D eigenvalue weighted by atomic mass is 10.1. The normalized spacial score (nSPS) is 26.7. The van der Waals surface area contributed by atoms with Crippen LogP contribution in [0.4, 0.5) is 0 Å². The Balaban J connectivity index is 1.85. The van der Waals surface area contributed by atoms with Gasteiger partial charge in [0, 0.05) is 55.6 Å². The Morgan fingerprint density at radius 1 is 1.44 bits per heavy atom. The zero-order valence-corrected chi connectivity index (χ0v) is 10.6. The van der Waals surface area contributed by atoms with Crippen LogP contribution in [0.2, 0.25) is 0 Å². The second kappa shape index (κ2) is 4.43. The van der Waals surface area contributed by atoms with Crippen LogP contribution >= 0.6 is 11.8 Å². The van der Waals surface area contributed by atoms with Crippen LogP contribution in [-0.4, -0.2) is 41.9 Å². The van der Waals surface area contributed by atoms with Gasteiger partial charge in [-0.05, 0) is 18.7 Å². The minimum absolute atomic E-state index is 0.567. The first-order chi connectivity index (χ1) is 7.84. The summed E-state index contributed by atoms with van der Waals surface area (Å²) in [5.74, 6) is 2.45. The Kier molecular flexibility index (Phi) is 2.96. The standard InChI is InChI=1S/C12H19N3S/c1-14-3-2-13-7-12(14)10-6-11-9-16-5-4-15(11)8-10/h6,8,12-13H,2-5,7,9H2,1H3. The second-order valence-electron chi connectivity index (χ2n) is 4.71. The van der Waals surface area contributed by atoms with Crippen molar-refractivity contribution < 1.29 is 0 Å². The summed E-state index contributed by atoms with van der Waals surface area (Å²) in [5, 5.41) is 3.49. The van der Waals surface area contributed by atoms with Gasteiger partial charge in [0.2, 0.25) is 0 Å². The minimum atomic E-state index is 0.567. The zero-order valence-electron chi connectivity index (χ0n) is 9.78. The largest absolute Gasteiger partial charge is 0.349 e. The van der Waals surface area contributed by atoms with Gasteiger partial charge in [0.1, 0.15) is 0 Å². The van der Waals surface area contributed by atoms with Crippen LogP contribution in [-0.2, 0) is 12.3 Å². The molecule has 0 amide bonds. The van der Waals surface area contributed by atoms with Crippen molar-refractivity contribution in [3.05, 3.63) is 23.5 Å². The minimum Gasteiger partial charge on any atom is -0.349 e. The Bertz CT molecular complexity index is 351. The molecule has 1 aromatic rings. The number of aromatic nitrogens is 1. The summed E-state index contributed by atoms with van der Waals surface area (Å²) in [5.41, 5.74) is 3.00. The molecule has 0 aliphatic carbocycles. The van der Waals surface area contributed by atoms with Gasteiger partial charge in [-0.25, -0.2) is 0 Å². The number of likely N-dealkylation sites (N-methyl/N-ethyl adjacent to an activating group) is 1. The molecular weight excluding hydrogens is 218 g/mol. The molecule has 3 nitrogen and oxygen atoms in total. The summed E-state index contributed by atoms with van der Waals surface area (Å²) in [7, 11) is 2.23. The molecule has 4 heteroatoms. The number of aryl methyl sites for hydroxylation is 1. The molecule has 3 heterocycles. The first-order valence-corrected chi connectivity index (χ1v) is 7.18. The molecule has 1 fully saturated rings. The number of nitrogens with zero attached hydrogens (tertiary/aromatic N) is 2.